The van der Waals surface area contributed by atoms with Gasteiger partial charge in [-0.25, -0.2) is 4.98 Å². The summed E-state index contributed by atoms with van der Waals surface area (Å²) in [7, 11) is 1.93. The fourth-order valence-corrected chi connectivity index (χ4v) is 6.16. The molecule has 6 rings (SSSR count). The molecule has 1 aliphatic heterocycles. The number of nitriles is 1. The number of carbonyl (C=O) groups excluding carboxylic acids is 1. The van der Waals surface area contributed by atoms with Gasteiger partial charge in [0.05, 0.1) is 12.6 Å². The summed E-state index contributed by atoms with van der Waals surface area (Å²) >= 11 is 6.37. The Kier molecular flexibility index (Phi) is 6.21. The number of benzene rings is 1. The lowest BCUT2D eigenvalue weighted by Crippen LogP contribution is -2.43. The van der Waals surface area contributed by atoms with Gasteiger partial charge in [0, 0.05) is 36.9 Å². The molecule has 37 heavy (non-hydrogen) atoms. The Morgan fingerprint density at radius 2 is 2.08 bits per heavy atom. The van der Waals surface area contributed by atoms with Gasteiger partial charge in [-0.1, -0.05) is 30.2 Å². The maximum Gasteiger partial charge on any atom is 0.260 e. The third-order valence-corrected chi connectivity index (χ3v) is 8.58. The molecule has 2 fully saturated rings. The van der Waals surface area contributed by atoms with Crippen LogP contribution in [0.2, 0.25) is 5.15 Å². The topological polar surface area (TPSA) is 99.7 Å². The smallest absolute Gasteiger partial charge is 0.260 e. The largest absolute Gasteiger partial charge is 0.321 e. The molecule has 8 nitrogen and oxygen atoms in total. The minimum absolute atomic E-state index is 0.0145. The van der Waals surface area contributed by atoms with E-state index in [0.29, 0.717) is 36.0 Å². The summed E-state index contributed by atoms with van der Waals surface area (Å²) in [6.07, 6.45) is 7.81. The van der Waals surface area contributed by atoms with E-state index in [1.165, 1.54) is 19.3 Å². The van der Waals surface area contributed by atoms with E-state index in [4.69, 9.17) is 11.6 Å². The van der Waals surface area contributed by atoms with Crippen molar-refractivity contribution in [2.24, 2.45) is 18.9 Å². The number of carbonyl (C=O) groups is 1. The van der Waals surface area contributed by atoms with Gasteiger partial charge in [-0.05, 0) is 73.0 Å². The van der Waals surface area contributed by atoms with Crippen LogP contribution in [-0.4, -0.2) is 32.2 Å². The fraction of sp³-hybridized carbons (Fsp3) is 0.464. The molecular formula is C28H30ClN7O. The molecule has 0 spiro atoms. The number of hydrogen-bond donors (Lipinski definition) is 1. The van der Waals surface area contributed by atoms with E-state index in [1.807, 2.05) is 35.9 Å². The molecule has 3 heterocycles. The average molecular weight is 516 g/mol. The van der Waals surface area contributed by atoms with E-state index in [-0.39, 0.29) is 17.2 Å². The molecule has 2 saturated carbocycles. The van der Waals surface area contributed by atoms with Gasteiger partial charge in [0.1, 0.15) is 23.1 Å². The number of nitrogens with one attached hydrogen (secondary N) is 1. The normalized spacial score (nSPS) is 22.9. The van der Waals surface area contributed by atoms with Crippen LogP contribution in [0, 0.1) is 23.2 Å². The highest BCUT2D eigenvalue weighted by molar-refractivity contribution is 6.29. The van der Waals surface area contributed by atoms with Crippen LogP contribution in [-0.2, 0) is 32.0 Å². The van der Waals surface area contributed by atoms with Crippen LogP contribution in [0.5, 0.6) is 0 Å². The standard InChI is InChI=1S/C28H30ClN7O/c1-35-17-32-34-26(35)12-28(10-20(11-28)13-30)22-6-5-21-16-36(27(37)23(21)9-22)25-8-19(7-24(29)33-25)15-31-14-18-3-2-4-18/h5-9,17-18,20,31H,2-4,10-12,14-16H2,1H3. The molecule has 2 aliphatic carbocycles. The quantitative estimate of drug-likeness (QED) is 0.448. The van der Waals surface area contributed by atoms with E-state index in [2.05, 4.69) is 32.6 Å². The summed E-state index contributed by atoms with van der Waals surface area (Å²) in [5, 5.41) is 21.7. The number of hydrogen-bond acceptors (Lipinski definition) is 6. The number of anilines is 1. The van der Waals surface area contributed by atoms with E-state index in [1.54, 1.807) is 11.2 Å². The Labute approximate surface area is 221 Å². The molecular weight excluding hydrogens is 486 g/mol. The first kappa shape index (κ1) is 24.1. The van der Waals surface area contributed by atoms with Crippen LogP contribution in [0.25, 0.3) is 0 Å². The van der Waals surface area contributed by atoms with Crippen LogP contribution >= 0.6 is 11.6 Å². The molecule has 9 heteroatoms. The van der Waals surface area contributed by atoms with Crippen molar-refractivity contribution in [2.75, 3.05) is 11.4 Å². The second-order valence-corrected chi connectivity index (χ2v) is 11.3. The number of aryl methyl sites for hydroxylation is 1. The van der Waals surface area contributed by atoms with E-state index in [0.717, 1.165) is 47.8 Å². The van der Waals surface area contributed by atoms with Crippen LogP contribution in [0.15, 0.2) is 36.7 Å². The Balaban J connectivity index is 1.23. The summed E-state index contributed by atoms with van der Waals surface area (Å²) in [6.45, 7) is 2.18. The van der Waals surface area contributed by atoms with Crippen LogP contribution in [0.3, 0.4) is 0 Å². The summed E-state index contributed by atoms with van der Waals surface area (Å²) in [5.74, 6) is 2.19. The molecule has 1 amide bonds. The minimum Gasteiger partial charge on any atom is -0.321 e. The first-order chi connectivity index (χ1) is 17.9. The lowest BCUT2D eigenvalue weighted by molar-refractivity contribution is 0.0995. The number of nitrogens with zero attached hydrogens (tertiary/aromatic N) is 6. The predicted octanol–water partition coefficient (Wildman–Crippen LogP) is 4.33. The SMILES string of the molecule is Cn1cnnc1CC1(c2ccc3c(c2)C(=O)N(c2cc(CNCC4CCC4)cc(Cl)n2)C3)CC(C#N)C1. The zero-order valence-electron chi connectivity index (χ0n) is 21.0. The second-order valence-electron chi connectivity index (χ2n) is 10.9. The van der Waals surface area contributed by atoms with Gasteiger partial charge in [0.25, 0.3) is 5.91 Å². The minimum atomic E-state index is -0.225. The molecule has 2 aromatic heterocycles. The monoisotopic (exact) mass is 515 g/mol. The van der Waals surface area contributed by atoms with Gasteiger partial charge in [-0.2, -0.15) is 5.26 Å². The molecule has 0 saturated heterocycles. The maximum absolute atomic E-state index is 13.6. The van der Waals surface area contributed by atoms with Crippen molar-refractivity contribution in [3.63, 3.8) is 0 Å². The zero-order valence-corrected chi connectivity index (χ0v) is 21.7. The van der Waals surface area contributed by atoms with Gasteiger partial charge in [-0.3, -0.25) is 9.69 Å². The fourth-order valence-electron chi connectivity index (χ4n) is 5.93. The average Bonchev–Trinajstić information content (AvgIpc) is 3.39. The molecule has 0 bridgehead atoms. The van der Waals surface area contributed by atoms with Crippen molar-refractivity contribution in [1.82, 2.24) is 25.1 Å². The van der Waals surface area contributed by atoms with Gasteiger partial charge in [0.2, 0.25) is 0 Å². The lowest BCUT2D eigenvalue weighted by atomic mass is 9.57. The van der Waals surface area contributed by atoms with E-state index < -0.39 is 0 Å². The van der Waals surface area contributed by atoms with Gasteiger partial charge in [0.15, 0.2) is 0 Å². The highest BCUT2D eigenvalue weighted by atomic mass is 35.5. The first-order valence-electron chi connectivity index (χ1n) is 13.0. The number of aromatic nitrogens is 4. The van der Waals surface area contributed by atoms with Crippen LogP contribution in [0.1, 0.15) is 65.0 Å². The maximum atomic E-state index is 13.6. The molecule has 1 aromatic carbocycles. The molecule has 0 radical (unpaired) electrons. The van der Waals surface area contributed by atoms with Crippen LogP contribution < -0.4 is 10.2 Å². The van der Waals surface area contributed by atoms with E-state index >= 15 is 0 Å². The van der Waals surface area contributed by atoms with Gasteiger partial charge >= 0.3 is 0 Å². The molecule has 1 N–H and O–H groups in total. The highest BCUT2D eigenvalue weighted by Gasteiger charge is 2.47. The number of fused-ring (bicyclic) bond motifs is 1. The Morgan fingerprint density at radius 1 is 1.24 bits per heavy atom. The molecule has 0 unspecified atom stereocenters. The third kappa shape index (κ3) is 4.51. The van der Waals surface area contributed by atoms with Crippen LogP contribution in [0.4, 0.5) is 5.82 Å². The second kappa shape index (κ2) is 9.55. The van der Waals surface area contributed by atoms with Crippen molar-refractivity contribution in [3.05, 3.63) is 69.9 Å². The number of rotatable bonds is 8. The van der Waals surface area contributed by atoms with E-state index in [9.17, 15) is 10.1 Å². The molecule has 3 aromatic rings. The molecule has 0 atom stereocenters. The molecule has 190 valence electrons. The predicted molar refractivity (Wildman–Crippen MR) is 140 cm³/mol. The number of halogens is 1. The Bertz CT molecular complexity index is 1380. The van der Waals surface area contributed by atoms with Crippen molar-refractivity contribution < 1.29 is 4.79 Å². The molecule has 3 aliphatic rings. The summed E-state index contributed by atoms with van der Waals surface area (Å²) in [4.78, 5) is 19.8. The Hall–Kier alpha value is -3.28. The van der Waals surface area contributed by atoms with Crippen molar-refractivity contribution >= 4 is 23.3 Å². The summed E-state index contributed by atoms with van der Waals surface area (Å²) < 4.78 is 1.92. The number of pyridine rings is 1. The third-order valence-electron chi connectivity index (χ3n) is 8.39. The van der Waals surface area contributed by atoms with Crippen molar-refractivity contribution in [2.45, 2.75) is 57.0 Å². The Morgan fingerprint density at radius 3 is 2.78 bits per heavy atom. The first-order valence-corrected chi connectivity index (χ1v) is 13.4. The van der Waals surface area contributed by atoms with Gasteiger partial charge < -0.3 is 9.88 Å². The summed E-state index contributed by atoms with van der Waals surface area (Å²) in [6, 6.07) is 12.4. The lowest BCUT2D eigenvalue weighted by Gasteiger charge is -2.45. The highest BCUT2D eigenvalue weighted by Crippen LogP contribution is 2.50. The number of amides is 1. The summed E-state index contributed by atoms with van der Waals surface area (Å²) in [5.41, 5.74) is 3.55. The van der Waals surface area contributed by atoms with Crippen molar-refractivity contribution in [3.8, 4) is 6.07 Å². The van der Waals surface area contributed by atoms with Gasteiger partial charge in [-0.15, -0.1) is 10.2 Å². The zero-order chi connectivity index (χ0) is 25.6. The van der Waals surface area contributed by atoms with Crippen molar-refractivity contribution in [1.29, 1.82) is 5.26 Å².